The molecule has 33 heavy (non-hydrogen) atoms. The first kappa shape index (κ1) is 22.6. The van der Waals surface area contributed by atoms with E-state index in [1.807, 2.05) is 12.1 Å². The van der Waals surface area contributed by atoms with Gasteiger partial charge >= 0.3 is 0 Å². The van der Waals surface area contributed by atoms with Gasteiger partial charge in [0.05, 0.1) is 35.0 Å². The molecule has 0 radical (unpaired) electrons. The SMILES string of the molecule is COc1ccc(N(C)S(=O)(=O)c2cccc(C(=O)Nc3nc4ccc(OC)cc4s3)c2)cc1. The highest BCUT2D eigenvalue weighted by atomic mass is 32.2. The molecule has 0 aliphatic rings. The van der Waals surface area contributed by atoms with Crippen LogP contribution in [0.25, 0.3) is 10.2 Å². The molecule has 0 atom stereocenters. The fourth-order valence-electron chi connectivity index (χ4n) is 3.14. The lowest BCUT2D eigenvalue weighted by atomic mass is 10.2. The lowest BCUT2D eigenvalue weighted by molar-refractivity contribution is 0.102. The van der Waals surface area contributed by atoms with Gasteiger partial charge in [-0.05, 0) is 60.7 Å². The summed E-state index contributed by atoms with van der Waals surface area (Å²) in [7, 11) is 0.695. The highest BCUT2D eigenvalue weighted by Gasteiger charge is 2.23. The monoisotopic (exact) mass is 483 g/mol. The molecule has 1 aromatic heterocycles. The molecule has 0 spiro atoms. The molecular weight excluding hydrogens is 462 g/mol. The summed E-state index contributed by atoms with van der Waals surface area (Å²) >= 11 is 1.30. The molecule has 4 aromatic rings. The number of ether oxygens (including phenoxy) is 2. The number of fused-ring (bicyclic) bond motifs is 1. The quantitative estimate of drug-likeness (QED) is 0.419. The van der Waals surface area contributed by atoms with Crippen molar-refractivity contribution in [3.8, 4) is 11.5 Å². The van der Waals surface area contributed by atoms with Gasteiger partial charge in [0.25, 0.3) is 15.9 Å². The van der Waals surface area contributed by atoms with E-state index in [9.17, 15) is 13.2 Å². The molecule has 0 saturated heterocycles. The Kier molecular flexibility index (Phi) is 6.21. The minimum atomic E-state index is -3.88. The Bertz CT molecular complexity index is 1420. The van der Waals surface area contributed by atoms with Gasteiger partial charge in [-0.15, -0.1) is 0 Å². The Balaban J connectivity index is 1.56. The number of benzene rings is 3. The number of anilines is 2. The Morgan fingerprint density at radius 2 is 1.67 bits per heavy atom. The molecule has 0 aliphatic heterocycles. The summed E-state index contributed by atoms with van der Waals surface area (Å²) in [6.45, 7) is 0. The minimum absolute atomic E-state index is 0.00232. The zero-order valence-corrected chi connectivity index (χ0v) is 19.7. The van der Waals surface area contributed by atoms with Crippen molar-refractivity contribution in [1.82, 2.24) is 4.98 Å². The van der Waals surface area contributed by atoms with Crippen molar-refractivity contribution >= 4 is 48.3 Å². The van der Waals surface area contributed by atoms with E-state index in [1.165, 1.54) is 43.7 Å². The number of sulfonamides is 1. The molecule has 0 fully saturated rings. The van der Waals surface area contributed by atoms with E-state index < -0.39 is 15.9 Å². The average molecular weight is 484 g/mol. The zero-order valence-electron chi connectivity index (χ0n) is 18.1. The van der Waals surface area contributed by atoms with Gasteiger partial charge in [0.15, 0.2) is 5.13 Å². The Hall–Kier alpha value is -3.63. The van der Waals surface area contributed by atoms with Crippen LogP contribution in [0.5, 0.6) is 11.5 Å². The van der Waals surface area contributed by atoms with E-state index in [2.05, 4.69) is 10.3 Å². The van der Waals surface area contributed by atoms with Gasteiger partial charge < -0.3 is 9.47 Å². The summed E-state index contributed by atoms with van der Waals surface area (Å²) in [6, 6.07) is 18.0. The van der Waals surface area contributed by atoms with Crippen molar-refractivity contribution in [1.29, 1.82) is 0 Å². The van der Waals surface area contributed by atoms with E-state index in [0.29, 0.717) is 22.3 Å². The van der Waals surface area contributed by atoms with Gasteiger partial charge in [0.2, 0.25) is 0 Å². The third kappa shape index (κ3) is 4.62. The normalized spacial score (nSPS) is 11.2. The van der Waals surface area contributed by atoms with E-state index in [4.69, 9.17) is 9.47 Å². The zero-order chi connectivity index (χ0) is 23.6. The number of nitrogens with zero attached hydrogens (tertiary/aromatic N) is 2. The standard InChI is InChI=1S/C23H21N3O5S2/c1-26(16-7-9-17(30-2)10-8-16)33(28,29)19-6-4-5-15(13-19)22(27)25-23-24-20-12-11-18(31-3)14-21(20)32-23/h4-14H,1-3H3,(H,24,25,27). The average Bonchev–Trinajstić information content (AvgIpc) is 3.24. The molecule has 4 rings (SSSR count). The maximum Gasteiger partial charge on any atom is 0.264 e. The van der Waals surface area contributed by atoms with Crippen LogP contribution in [0.2, 0.25) is 0 Å². The molecule has 0 saturated carbocycles. The first-order chi connectivity index (χ1) is 15.8. The third-order valence-electron chi connectivity index (χ3n) is 5.01. The van der Waals surface area contributed by atoms with Crippen LogP contribution in [0.15, 0.2) is 71.6 Å². The number of carbonyl (C=O) groups is 1. The highest BCUT2D eigenvalue weighted by Crippen LogP contribution is 2.30. The van der Waals surface area contributed by atoms with Crippen molar-refractivity contribution in [3.05, 3.63) is 72.3 Å². The summed E-state index contributed by atoms with van der Waals surface area (Å²) in [5, 5.41) is 3.15. The summed E-state index contributed by atoms with van der Waals surface area (Å²) < 4.78 is 38.6. The van der Waals surface area contributed by atoms with Crippen LogP contribution in [0.3, 0.4) is 0 Å². The van der Waals surface area contributed by atoms with Crippen molar-refractivity contribution in [2.45, 2.75) is 4.90 Å². The number of carbonyl (C=O) groups excluding carboxylic acids is 1. The van der Waals surface area contributed by atoms with Crippen LogP contribution in [-0.4, -0.2) is 40.6 Å². The molecule has 0 aliphatic carbocycles. The van der Waals surface area contributed by atoms with Crippen LogP contribution in [-0.2, 0) is 10.0 Å². The van der Waals surface area contributed by atoms with Crippen molar-refractivity contribution < 1.29 is 22.7 Å². The molecule has 1 amide bonds. The lowest BCUT2D eigenvalue weighted by Gasteiger charge is -2.20. The highest BCUT2D eigenvalue weighted by molar-refractivity contribution is 7.92. The topological polar surface area (TPSA) is 97.8 Å². The molecule has 10 heteroatoms. The summed E-state index contributed by atoms with van der Waals surface area (Å²) in [6.07, 6.45) is 0. The molecule has 1 N–H and O–H groups in total. The predicted octanol–water partition coefficient (Wildman–Crippen LogP) is 4.39. The second-order valence-electron chi connectivity index (χ2n) is 7.01. The Labute approximate surface area is 195 Å². The van der Waals surface area contributed by atoms with E-state index >= 15 is 0 Å². The fraction of sp³-hybridized carbons (Fsp3) is 0.130. The Morgan fingerprint density at radius 1 is 0.970 bits per heavy atom. The largest absolute Gasteiger partial charge is 0.497 e. The number of nitrogens with one attached hydrogen (secondary N) is 1. The van der Waals surface area contributed by atoms with Crippen molar-refractivity contribution in [2.24, 2.45) is 0 Å². The van der Waals surface area contributed by atoms with E-state index in [1.54, 1.807) is 43.5 Å². The third-order valence-corrected chi connectivity index (χ3v) is 7.72. The van der Waals surface area contributed by atoms with Crippen molar-refractivity contribution in [3.63, 3.8) is 0 Å². The maximum absolute atomic E-state index is 13.1. The molecular formula is C23H21N3O5S2. The predicted molar refractivity (Wildman–Crippen MR) is 129 cm³/mol. The van der Waals surface area contributed by atoms with Crippen LogP contribution < -0.4 is 19.1 Å². The number of hydrogen-bond donors (Lipinski definition) is 1. The summed E-state index contributed by atoms with van der Waals surface area (Å²) in [5.41, 5.74) is 1.40. The minimum Gasteiger partial charge on any atom is -0.497 e. The molecule has 170 valence electrons. The van der Waals surface area contributed by atoms with Gasteiger partial charge in [0.1, 0.15) is 11.5 Å². The van der Waals surface area contributed by atoms with Gasteiger partial charge in [-0.25, -0.2) is 13.4 Å². The second-order valence-corrected chi connectivity index (χ2v) is 10.0. The molecule has 3 aromatic carbocycles. The van der Waals surface area contributed by atoms with Crippen LogP contribution in [0.1, 0.15) is 10.4 Å². The number of amides is 1. The van der Waals surface area contributed by atoms with Gasteiger partial charge in [-0.3, -0.25) is 14.4 Å². The fourth-order valence-corrected chi connectivity index (χ4v) is 5.27. The van der Waals surface area contributed by atoms with E-state index in [-0.39, 0.29) is 10.5 Å². The molecule has 0 unspecified atom stereocenters. The number of methoxy groups -OCH3 is 2. The van der Waals surface area contributed by atoms with Gasteiger partial charge in [-0.1, -0.05) is 17.4 Å². The Morgan fingerprint density at radius 3 is 2.36 bits per heavy atom. The number of hydrogen-bond acceptors (Lipinski definition) is 7. The number of rotatable bonds is 7. The molecule has 8 nitrogen and oxygen atoms in total. The van der Waals surface area contributed by atoms with Crippen LogP contribution in [0, 0.1) is 0 Å². The van der Waals surface area contributed by atoms with Gasteiger partial charge in [0, 0.05) is 12.6 Å². The summed E-state index contributed by atoms with van der Waals surface area (Å²) in [5.74, 6) is 0.865. The van der Waals surface area contributed by atoms with Crippen LogP contribution in [0.4, 0.5) is 10.8 Å². The second kappa shape index (κ2) is 9.08. The summed E-state index contributed by atoms with van der Waals surface area (Å²) in [4.78, 5) is 17.2. The van der Waals surface area contributed by atoms with Crippen molar-refractivity contribution in [2.75, 3.05) is 30.9 Å². The lowest BCUT2D eigenvalue weighted by Crippen LogP contribution is -2.26. The van der Waals surface area contributed by atoms with E-state index in [0.717, 1.165) is 14.5 Å². The number of aromatic nitrogens is 1. The first-order valence-corrected chi connectivity index (χ1v) is 12.1. The first-order valence-electron chi connectivity index (χ1n) is 9.81. The van der Waals surface area contributed by atoms with Crippen LogP contribution >= 0.6 is 11.3 Å². The maximum atomic E-state index is 13.1. The molecule has 1 heterocycles. The van der Waals surface area contributed by atoms with Gasteiger partial charge in [-0.2, -0.15) is 0 Å². The molecule has 0 bridgehead atoms. The number of thiazole rings is 1. The smallest absolute Gasteiger partial charge is 0.264 e.